The summed E-state index contributed by atoms with van der Waals surface area (Å²) in [5.41, 5.74) is 0. The van der Waals surface area contributed by atoms with Crippen molar-refractivity contribution in [2.24, 2.45) is 0 Å². The van der Waals surface area contributed by atoms with Crippen molar-refractivity contribution in [3.8, 4) is 0 Å². The largest absolute Gasteiger partial charge is 0.472 e. The molecule has 0 heterocycles. The Morgan fingerprint density at radius 1 is 0.368 bits per heavy atom. The van der Waals surface area contributed by atoms with Crippen LogP contribution in [0.2, 0.25) is 0 Å². The van der Waals surface area contributed by atoms with Crippen molar-refractivity contribution in [3.05, 3.63) is 170 Å². The lowest BCUT2D eigenvalue weighted by atomic mass is 10.2. The Morgan fingerprint density at radius 2 is 0.658 bits per heavy atom. The van der Waals surface area contributed by atoms with Gasteiger partial charge in [-0.3, -0.25) is 23.4 Å². The lowest BCUT2D eigenvalue weighted by Crippen LogP contribution is -2.30. The highest BCUT2D eigenvalue weighted by Crippen LogP contribution is 2.43. The van der Waals surface area contributed by atoms with Gasteiger partial charge in [0.05, 0.1) is 19.8 Å². The normalized spacial score (nSPS) is 14.6. The van der Waals surface area contributed by atoms with Gasteiger partial charge in [-0.15, -0.1) is 0 Å². The molecule has 2 N–H and O–H groups in total. The van der Waals surface area contributed by atoms with E-state index in [4.69, 9.17) is 23.3 Å². The smallest absolute Gasteiger partial charge is 0.462 e. The molecule has 12 heteroatoms. The number of hydrogen-bond donors (Lipinski definition) is 2. The topological polar surface area (TPSA) is 155 Å². The van der Waals surface area contributed by atoms with Gasteiger partial charge >= 0.3 is 25.7 Å². The van der Waals surface area contributed by atoms with Gasteiger partial charge in [0.1, 0.15) is 12.7 Å². The summed E-state index contributed by atoms with van der Waals surface area (Å²) in [6.07, 6.45) is 74.8. The van der Waals surface area contributed by atoms with E-state index in [-0.39, 0.29) is 19.3 Å². The number of aliphatic hydroxyl groups is 1. The Bertz CT molecular complexity index is 1920. The summed E-state index contributed by atoms with van der Waals surface area (Å²) in [4.78, 5) is 48.5. The third-order valence-corrected chi connectivity index (χ3v) is 11.6. The van der Waals surface area contributed by atoms with Crippen LogP contribution in [0.1, 0.15) is 175 Å². The number of phosphoric ester groups is 1. The molecule has 0 aromatic carbocycles. The molecule has 0 amide bonds. The van der Waals surface area contributed by atoms with Crippen molar-refractivity contribution in [2.75, 3.05) is 26.4 Å². The molecule has 0 fully saturated rings. The second-order valence-electron chi connectivity index (χ2n) is 17.6. The number of carbonyl (C=O) groups is 3. The minimum atomic E-state index is -4.80. The van der Waals surface area contributed by atoms with E-state index in [9.17, 15) is 28.9 Å². The highest BCUT2D eigenvalue weighted by atomic mass is 31.2. The van der Waals surface area contributed by atoms with Crippen LogP contribution in [0.4, 0.5) is 0 Å². The molecule has 0 spiro atoms. The van der Waals surface area contributed by atoms with E-state index < -0.39 is 64.4 Å². The van der Waals surface area contributed by atoms with Crippen LogP contribution in [0.3, 0.4) is 0 Å². The number of phosphoric acid groups is 1. The summed E-state index contributed by atoms with van der Waals surface area (Å²) in [7, 11) is -4.80. The van der Waals surface area contributed by atoms with Gasteiger partial charge in [0.2, 0.25) is 0 Å². The third kappa shape index (κ3) is 53.7. The molecule has 0 aliphatic heterocycles. The molecule has 3 unspecified atom stereocenters. The maximum absolute atomic E-state index is 12.9. The molecule has 3 atom stereocenters. The maximum Gasteiger partial charge on any atom is 0.472 e. The molecule has 0 aliphatic carbocycles. The van der Waals surface area contributed by atoms with Crippen LogP contribution in [-0.4, -0.2) is 66.5 Å². The fourth-order valence-electron chi connectivity index (χ4n) is 6.48. The van der Waals surface area contributed by atoms with E-state index in [2.05, 4.69) is 179 Å². The predicted molar refractivity (Wildman–Crippen MR) is 315 cm³/mol. The van der Waals surface area contributed by atoms with Crippen molar-refractivity contribution in [1.82, 2.24) is 0 Å². The summed E-state index contributed by atoms with van der Waals surface area (Å²) in [5.74, 6) is -1.69. The Labute approximate surface area is 459 Å². The third-order valence-electron chi connectivity index (χ3n) is 10.6. The van der Waals surface area contributed by atoms with E-state index in [0.29, 0.717) is 19.3 Å². The molecule has 0 aromatic heterocycles. The van der Waals surface area contributed by atoms with Crippen molar-refractivity contribution < 1.29 is 52.2 Å². The fraction of sp³-hybridized carbons (Fsp3) is 0.516. The van der Waals surface area contributed by atoms with Gasteiger partial charge in [-0.1, -0.05) is 191 Å². The van der Waals surface area contributed by atoms with Gasteiger partial charge in [0.25, 0.3) is 0 Å². The zero-order valence-electron chi connectivity index (χ0n) is 46.6. The SMILES string of the molecule is CC/C=C\C/C=C\C/C=C\C/C=C\C/C=C\C/C=C\CCC(=O)OCC(COP(=O)(O)OCC(CO)OC(=O)CCCC/C=C\C/C=C\C/C=C\C/C=C\CC)OC(=O)CCCC/C=C\C/C=C\C/C=C\C/C=C\CC. The number of allylic oxidation sites excluding steroid dienone is 28. The van der Waals surface area contributed by atoms with Gasteiger partial charge in [0, 0.05) is 19.3 Å². The second kappa shape index (κ2) is 56.1. The van der Waals surface area contributed by atoms with Crippen LogP contribution in [0.25, 0.3) is 0 Å². The minimum Gasteiger partial charge on any atom is -0.462 e. The zero-order chi connectivity index (χ0) is 55.5. The van der Waals surface area contributed by atoms with Crippen molar-refractivity contribution in [2.45, 2.75) is 187 Å². The first-order chi connectivity index (χ1) is 37.2. The molecule has 0 aliphatic rings. The highest BCUT2D eigenvalue weighted by molar-refractivity contribution is 7.47. The van der Waals surface area contributed by atoms with Crippen molar-refractivity contribution in [3.63, 3.8) is 0 Å². The van der Waals surface area contributed by atoms with Crippen molar-refractivity contribution >= 4 is 25.7 Å². The van der Waals surface area contributed by atoms with E-state index >= 15 is 0 Å². The van der Waals surface area contributed by atoms with E-state index in [1.165, 1.54) is 0 Å². The first-order valence-corrected chi connectivity index (χ1v) is 29.5. The number of rotatable bonds is 49. The second-order valence-corrected chi connectivity index (χ2v) is 19.1. The van der Waals surface area contributed by atoms with E-state index in [0.717, 1.165) is 116 Å². The number of aliphatic hydroxyl groups excluding tert-OH is 1. The predicted octanol–water partition coefficient (Wildman–Crippen LogP) is 16.7. The summed E-state index contributed by atoms with van der Waals surface area (Å²) in [6.45, 7) is 4.08. The maximum atomic E-state index is 12.9. The molecule has 0 saturated heterocycles. The molecular weight excluding hydrogens is 976 g/mol. The van der Waals surface area contributed by atoms with Crippen molar-refractivity contribution in [1.29, 1.82) is 0 Å². The van der Waals surface area contributed by atoms with E-state index in [1.54, 1.807) is 0 Å². The Hall–Kier alpha value is -5.16. The average molecular weight is 1070 g/mol. The first-order valence-electron chi connectivity index (χ1n) is 28.0. The van der Waals surface area contributed by atoms with Crippen LogP contribution in [-0.2, 0) is 42.2 Å². The number of hydrogen-bond acceptors (Lipinski definition) is 10. The molecule has 76 heavy (non-hydrogen) atoms. The van der Waals surface area contributed by atoms with Gasteiger partial charge in [-0.2, -0.15) is 0 Å². The number of esters is 3. The van der Waals surface area contributed by atoms with Crippen LogP contribution < -0.4 is 0 Å². The van der Waals surface area contributed by atoms with Gasteiger partial charge < -0.3 is 24.2 Å². The van der Waals surface area contributed by atoms with Gasteiger partial charge in [-0.25, -0.2) is 4.57 Å². The Morgan fingerprint density at radius 3 is 0.987 bits per heavy atom. The number of unbranched alkanes of at least 4 members (excludes halogenated alkanes) is 4. The van der Waals surface area contributed by atoms with Gasteiger partial charge in [-0.05, 0) is 135 Å². The molecule has 11 nitrogen and oxygen atoms in total. The summed E-state index contributed by atoms with van der Waals surface area (Å²) in [6, 6.07) is 0. The van der Waals surface area contributed by atoms with Crippen LogP contribution in [0.15, 0.2) is 170 Å². The molecule has 0 rings (SSSR count). The molecule has 424 valence electrons. The lowest BCUT2D eigenvalue weighted by Gasteiger charge is -2.21. The molecular formula is C64H97O11P. The van der Waals surface area contributed by atoms with E-state index in [1.807, 2.05) is 12.2 Å². The van der Waals surface area contributed by atoms with Crippen LogP contribution in [0.5, 0.6) is 0 Å². The first kappa shape index (κ1) is 70.8. The fourth-order valence-corrected chi connectivity index (χ4v) is 7.26. The summed E-state index contributed by atoms with van der Waals surface area (Å²) < 4.78 is 39.3. The summed E-state index contributed by atoms with van der Waals surface area (Å²) >= 11 is 0. The standard InChI is InChI=1S/C64H97O11P/c1-4-7-10-13-16-19-22-25-28-29-30-31-34-35-38-41-44-47-50-53-62(66)71-57-61(75-64(68)55-52-49-46-43-40-37-33-27-24-21-18-15-12-9-6-3)59-73-76(69,70)72-58-60(56-65)74-63(67)54-51-48-45-42-39-36-32-26-23-20-17-14-11-8-5-2/h7-12,16-21,25-28,30-33,35,38-40,42-44,47,60-61,65H,4-6,13-15,22-24,29,34,36-37,41,45-46,48-59H2,1-3H3,(H,69,70)/b10-7-,11-8-,12-9-,19-16-,20-17-,21-18-,28-25-,31-30-,32-26-,33-27-,38-35-,42-39-,43-40-,47-44-. The zero-order valence-corrected chi connectivity index (χ0v) is 47.5. The number of carbonyl (C=O) groups excluding carboxylic acids is 3. The molecule has 0 bridgehead atoms. The molecule has 0 radical (unpaired) electrons. The monoisotopic (exact) mass is 1070 g/mol. The highest BCUT2D eigenvalue weighted by Gasteiger charge is 2.28. The quantitative estimate of drug-likeness (QED) is 0.0197. The minimum absolute atomic E-state index is 0.0785. The Kier molecular flexibility index (Phi) is 52.2. The molecule has 0 aromatic rings. The Balaban J connectivity index is 4.96. The summed E-state index contributed by atoms with van der Waals surface area (Å²) in [5, 5.41) is 9.80. The van der Waals surface area contributed by atoms with Crippen LogP contribution in [0, 0.1) is 0 Å². The lowest BCUT2D eigenvalue weighted by molar-refractivity contribution is -0.161. The molecule has 0 saturated carbocycles. The number of ether oxygens (including phenoxy) is 3. The van der Waals surface area contributed by atoms with Crippen LogP contribution >= 0.6 is 7.82 Å². The van der Waals surface area contributed by atoms with Gasteiger partial charge in [0.15, 0.2) is 6.10 Å². The average Bonchev–Trinajstić information content (AvgIpc) is 3.41.